The number of pyridine rings is 1. The van der Waals surface area contributed by atoms with E-state index in [1.807, 2.05) is 25.4 Å². The quantitative estimate of drug-likeness (QED) is 0.394. The third-order valence-electron chi connectivity index (χ3n) is 4.81. The Balaban J connectivity index is 0.00000280. The molecular weight excluding hydrogens is 463 g/mol. The van der Waals surface area contributed by atoms with Crippen LogP contribution in [0, 0.1) is 0 Å². The molecule has 0 spiro atoms. The fraction of sp³-hybridized carbons (Fsp3) is 0.429. The first kappa shape index (κ1) is 22.4. The number of guanidine groups is 1. The lowest BCUT2D eigenvalue weighted by Crippen LogP contribution is -2.52. The second-order valence-corrected chi connectivity index (χ2v) is 7.07. The maximum absolute atomic E-state index is 4.50. The maximum Gasteiger partial charge on any atom is 0.194 e. The fourth-order valence-corrected chi connectivity index (χ4v) is 3.42. The van der Waals surface area contributed by atoms with Crippen molar-refractivity contribution in [3.8, 4) is 0 Å². The van der Waals surface area contributed by atoms with Crippen LogP contribution < -0.4 is 10.2 Å². The van der Waals surface area contributed by atoms with E-state index in [9.17, 15) is 0 Å². The molecule has 0 saturated carbocycles. The van der Waals surface area contributed by atoms with Gasteiger partial charge in [-0.2, -0.15) is 0 Å². The number of aromatic nitrogens is 1. The molecule has 1 aliphatic heterocycles. The highest BCUT2D eigenvalue weighted by molar-refractivity contribution is 14.0. The zero-order valence-corrected chi connectivity index (χ0v) is 19.3. The summed E-state index contributed by atoms with van der Waals surface area (Å²) in [5.74, 6) is 2.02. The monoisotopic (exact) mass is 494 g/mol. The third kappa shape index (κ3) is 6.07. The maximum atomic E-state index is 4.50. The minimum atomic E-state index is 0. The summed E-state index contributed by atoms with van der Waals surface area (Å²) in [5.41, 5.74) is 2.67. The Hall–Kier alpha value is -1.87. The van der Waals surface area contributed by atoms with Gasteiger partial charge in [-0.25, -0.2) is 4.98 Å². The highest BCUT2D eigenvalue weighted by Gasteiger charge is 2.20. The zero-order chi connectivity index (χ0) is 19.1. The summed E-state index contributed by atoms with van der Waals surface area (Å²) in [4.78, 5) is 15.8. The normalized spacial score (nSPS) is 14.8. The predicted octanol–water partition coefficient (Wildman–Crippen LogP) is 2.66. The molecule has 3 rings (SSSR count). The molecule has 1 aromatic carbocycles. The molecule has 0 amide bonds. The largest absolute Gasteiger partial charge is 0.353 e. The van der Waals surface area contributed by atoms with E-state index in [4.69, 9.17) is 0 Å². The SMILES string of the molecule is CN=C(NCc1ccccc1CN(C)C)N1CCN(c2ccccn2)CC1.I. The molecule has 1 fully saturated rings. The number of anilines is 1. The summed E-state index contributed by atoms with van der Waals surface area (Å²) in [6.45, 7) is 5.52. The van der Waals surface area contributed by atoms with Gasteiger partial charge >= 0.3 is 0 Å². The van der Waals surface area contributed by atoms with Crippen molar-refractivity contribution in [2.24, 2.45) is 4.99 Å². The number of benzene rings is 1. The highest BCUT2D eigenvalue weighted by Crippen LogP contribution is 2.13. The van der Waals surface area contributed by atoms with Crippen molar-refractivity contribution in [3.05, 3.63) is 59.8 Å². The molecule has 2 heterocycles. The van der Waals surface area contributed by atoms with E-state index in [2.05, 4.69) is 74.4 Å². The Morgan fingerprint density at radius 2 is 1.71 bits per heavy atom. The van der Waals surface area contributed by atoms with Crippen LogP contribution in [0.25, 0.3) is 0 Å². The molecule has 0 aliphatic carbocycles. The molecule has 1 N–H and O–H groups in total. The minimum absolute atomic E-state index is 0. The van der Waals surface area contributed by atoms with Crippen LogP contribution in [0.15, 0.2) is 53.7 Å². The smallest absolute Gasteiger partial charge is 0.194 e. The van der Waals surface area contributed by atoms with Gasteiger partial charge in [0, 0.05) is 52.5 Å². The van der Waals surface area contributed by atoms with E-state index in [1.54, 1.807) is 0 Å². The molecule has 1 aliphatic rings. The van der Waals surface area contributed by atoms with Gasteiger partial charge in [0.25, 0.3) is 0 Å². The van der Waals surface area contributed by atoms with Crippen LogP contribution >= 0.6 is 24.0 Å². The van der Waals surface area contributed by atoms with Crippen LogP contribution in [0.5, 0.6) is 0 Å². The first-order valence-corrected chi connectivity index (χ1v) is 9.50. The van der Waals surface area contributed by atoms with Gasteiger partial charge in [-0.3, -0.25) is 4.99 Å². The van der Waals surface area contributed by atoms with Crippen LogP contribution in [0.4, 0.5) is 5.82 Å². The molecule has 0 bridgehead atoms. The first-order chi connectivity index (χ1) is 13.2. The predicted molar refractivity (Wildman–Crippen MR) is 127 cm³/mol. The molecule has 0 atom stereocenters. The summed E-state index contributed by atoms with van der Waals surface area (Å²) < 4.78 is 0. The molecule has 28 heavy (non-hydrogen) atoms. The molecule has 6 nitrogen and oxygen atoms in total. The molecule has 7 heteroatoms. The van der Waals surface area contributed by atoms with Gasteiger partial charge in [0.2, 0.25) is 0 Å². The first-order valence-electron chi connectivity index (χ1n) is 9.50. The van der Waals surface area contributed by atoms with Gasteiger partial charge in [0.1, 0.15) is 5.82 Å². The summed E-state index contributed by atoms with van der Waals surface area (Å²) in [5, 5.41) is 3.55. The molecule has 0 radical (unpaired) electrons. The number of nitrogens with one attached hydrogen (secondary N) is 1. The van der Waals surface area contributed by atoms with Gasteiger partial charge in [-0.05, 0) is 37.4 Å². The molecule has 2 aromatic rings. The van der Waals surface area contributed by atoms with Crippen molar-refractivity contribution in [3.63, 3.8) is 0 Å². The summed E-state index contributed by atoms with van der Waals surface area (Å²) in [6, 6.07) is 14.7. The number of piperazine rings is 1. The number of halogens is 1. The van der Waals surface area contributed by atoms with E-state index in [0.717, 1.165) is 51.0 Å². The number of aliphatic imine (C=N–C) groups is 1. The van der Waals surface area contributed by atoms with Crippen LogP contribution in [-0.4, -0.2) is 68.1 Å². The van der Waals surface area contributed by atoms with Crippen molar-refractivity contribution in [1.29, 1.82) is 0 Å². The summed E-state index contributed by atoms with van der Waals surface area (Å²) in [6.07, 6.45) is 1.85. The van der Waals surface area contributed by atoms with Crippen molar-refractivity contribution in [1.82, 2.24) is 20.1 Å². The van der Waals surface area contributed by atoms with E-state index >= 15 is 0 Å². The van der Waals surface area contributed by atoms with Gasteiger partial charge in [0.05, 0.1) is 0 Å². The number of hydrogen-bond acceptors (Lipinski definition) is 4. The van der Waals surface area contributed by atoms with Crippen molar-refractivity contribution in [2.75, 3.05) is 52.2 Å². The Kier molecular flexibility index (Phi) is 8.98. The lowest BCUT2D eigenvalue weighted by Gasteiger charge is -2.37. The topological polar surface area (TPSA) is 47.0 Å². The lowest BCUT2D eigenvalue weighted by atomic mass is 10.1. The zero-order valence-electron chi connectivity index (χ0n) is 17.0. The van der Waals surface area contributed by atoms with Crippen LogP contribution in [0.1, 0.15) is 11.1 Å². The second-order valence-electron chi connectivity index (χ2n) is 7.07. The van der Waals surface area contributed by atoms with Gasteiger partial charge in [-0.1, -0.05) is 30.3 Å². The Labute approximate surface area is 185 Å². The number of rotatable bonds is 5. The Morgan fingerprint density at radius 3 is 2.32 bits per heavy atom. The Morgan fingerprint density at radius 1 is 1.04 bits per heavy atom. The molecule has 152 valence electrons. The van der Waals surface area contributed by atoms with E-state index in [1.165, 1.54) is 11.1 Å². The van der Waals surface area contributed by atoms with E-state index in [0.29, 0.717) is 0 Å². The number of nitrogens with zero attached hydrogens (tertiary/aromatic N) is 5. The van der Waals surface area contributed by atoms with Crippen LogP contribution in [0.3, 0.4) is 0 Å². The van der Waals surface area contributed by atoms with E-state index in [-0.39, 0.29) is 24.0 Å². The van der Waals surface area contributed by atoms with Gasteiger partial charge in [0.15, 0.2) is 5.96 Å². The second kappa shape index (κ2) is 11.2. The van der Waals surface area contributed by atoms with Crippen molar-refractivity contribution < 1.29 is 0 Å². The van der Waals surface area contributed by atoms with Gasteiger partial charge in [-0.15, -0.1) is 24.0 Å². The Bertz CT molecular complexity index is 742. The fourth-order valence-electron chi connectivity index (χ4n) is 3.42. The standard InChI is InChI=1S/C21H30N6.HI/c1-22-21(24-16-18-8-4-5-9-19(18)17-25(2)3)27-14-12-26(13-15-27)20-10-6-7-11-23-20;/h4-11H,12-17H2,1-3H3,(H,22,24);1H. The molecule has 1 saturated heterocycles. The average Bonchev–Trinajstić information content (AvgIpc) is 2.70. The van der Waals surface area contributed by atoms with E-state index < -0.39 is 0 Å². The molecule has 1 aromatic heterocycles. The average molecular weight is 494 g/mol. The molecular formula is C21H31IN6. The highest BCUT2D eigenvalue weighted by atomic mass is 127. The van der Waals surface area contributed by atoms with Crippen LogP contribution in [0.2, 0.25) is 0 Å². The van der Waals surface area contributed by atoms with Crippen LogP contribution in [-0.2, 0) is 13.1 Å². The summed E-state index contributed by atoms with van der Waals surface area (Å²) >= 11 is 0. The van der Waals surface area contributed by atoms with Gasteiger partial charge < -0.3 is 20.0 Å². The number of hydrogen-bond donors (Lipinski definition) is 1. The van der Waals surface area contributed by atoms with Crippen molar-refractivity contribution >= 4 is 35.8 Å². The minimum Gasteiger partial charge on any atom is -0.353 e. The summed E-state index contributed by atoms with van der Waals surface area (Å²) in [7, 11) is 6.06. The molecule has 0 unspecified atom stereocenters. The third-order valence-corrected chi connectivity index (χ3v) is 4.81. The lowest BCUT2D eigenvalue weighted by molar-refractivity contribution is 0.371. The van der Waals surface area contributed by atoms with Crippen molar-refractivity contribution in [2.45, 2.75) is 13.1 Å².